The van der Waals surface area contributed by atoms with Crippen LogP contribution >= 0.6 is 0 Å². The molecule has 0 saturated heterocycles. The van der Waals surface area contributed by atoms with E-state index in [1.807, 2.05) is 0 Å². The number of aliphatic hydroxyl groups excluding tert-OH is 4. The first kappa shape index (κ1) is 13.8. The van der Waals surface area contributed by atoms with Gasteiger partial charge in [0.25, 0.3) is 0 Å². The van der Waals surface area contributed by atoms with Crippen molar-refractivity contribution < 1.29 is 24.9 Å². The third-order valence-electron chi connectivity index (χ3n) is 3.02. The van der Waals surface area contributed by atoms with E-state index in [0.29, 0.717) is 0 Å². The molecule has 1 unspecified atom stereocenters. The van der Waals surface area contributed by atoms with Gasteiger partial charge < -0.3 is 24.9 Å². The Hall–Kier alpha value is -0.200. The lowest BCUT2D eigenvalue weighted by Crippen LogP contribution is -2.64. The van der Waals surface area contributed by atoms with Crippen LogP contribution in [0.4, 0.5) is 0 Å². The van der Waals surface area contributed by atoms with Crippen molar-refractivity contribution in [1.82, 2.24) is 0 Å². The molecule has 0 radical (unpaired) electrons. The third kappa shape index (κ3) is 2.90. The predicted molar refractivity (Wildman–Crippen MR) is 52.6 cm³/mol. The molecular weight excluding hydrogens is 186 g/mol. The van der Waals surface area contributed by atoms with E-state index in [1.54, 1.807) is 21.0 Å². The number of nitrogens with zero attached hydrogens (tertiary/aromatic N) is 1. The molecule has 0 aliphatic carbocycles. The molecule has 14 heavy (non-hydrogen) atoms. The van der Waals surface area contributed by atoms with Gasteiger partial charge in [-0.1, -0.05) is 0 Å². The van der Waals surface area contributed by atoms with Crippen molar-refractivity contribution in [2.45, 2.75) is 18.6 Å². The Morgan fingerprint density at radius 1 is 1.14 bits per heavy atom. The summed E-state index contributed by atoms with van der Waals surface area (Å²) in [6, 6.07) is 0. The lowest BCUT2D eigenvalue weighted by molar-refractivity contribution is -0.943. The Kier molecular flexibility index (Phi) is 4.97. The highest BCUT2D eigenvalue weighted by molar-refractivity contribution is 4.74. The molecule has 4 N–H and O–H groups in total. The van der Waals surface area contributed by atoms with Gasteiger partial charge in [-0.25, -0.2) is 0 Å². The fraction of sp³-hybridized carbons (Fsp3) is 1.00. The second-order valence-electron chi connectivity index (χ2n) is 4.52. The first-order valence-electron chi connectivity index (χ1n) is 4.66. The number of quaternary nitrogens is 1. The van der Waals surface area contributed by atoms with Crippen LogP contribution in [0.1, 0.15) is 6.92 Å². The van der Waals surface area contributed by atoms with E-state index in [1.165, 1.54) is 0 Å². The molecule has 0 saturated carbocycles. The normalized spacial score (nSPS) is 15.6. The van der Waals surface area contributed by atoms with Gasteiger partial charge in [0.2, 0.25) is 0 Å². The second-order valence-corrected chi connectivity index (χ2v) is 4.52. The highest BCUT2D eigenvalue weighted by atomic mass is 16.3. The average Bonchev–Trinajstić information content (AvgIpc) is 2.15. The van der Waals surface area contributed by atoms with Crippen LogP contribution in [-0.2, 0) is 0 Å². The van der Waals surface area contributed by atoms with Gasteiger partial charge in [0, 0.05) is 0 Å². The van der Waals surface area contributed by atoms with Crippen molar-refractivity contribution in [3.63, 3.8) is 0 Å². The number of hydrogen-bond donors (Lipinski definition) is 4. The molecule has 0 aromatic rings. The van der Waals surface area contributed by atoms with E-state index in [4.69, 9.17) is 5.11 Å². The molecule has 0 aliphatic rings. The van der Waals surface area contributed by atoms with E-state index in [-0.39, 0.29) is 30.8 Å². The highest BCUT2D eigenvalue weighted by Gasteiger charge is 2.41. The van der Waals surface area contributed by atoms with Gasteiger partial charge in [-0.05, 0) is 6.92 Å². The standard InChI is InChI=1S/C9H22NO4/c1-9(6-12,7-13)10(2,3)4-8(14)5-11/h8,11-14H,4-7H2,1-3H3/q+1. The molecule has 86 valence electrons. The fourth-order valence-corrected chi connectivity index (χ4v) is 1.24. The monoisotopic (exact) mass is 208 g/mol. The van der Waals surface area contributed by atoms with E-state index in [0.717, 1.165) is 0 Å². The zero-order valence-electron chi connectivity index (χ0n) is 9.14. The van der Waals surface area contributed by atoms with Crippen molar-refractivity contribution in [3.05, 3.63) is 0 Å². The molecule has 0 bridgehead atoms. The maximum atomic E-state index is 9.32. The van der Waals surface area contributed by atoms with Crippen LogP contribution in [0, 0.1) is 0 Å². The predicted octanol–water partition coefficient (Wildman–Crippen LogP) is -1.84. The molecular formula is C9H22NO4+. The summed E-state index contributed by atoms with van der Waals surface area (Å²) in [6.45, 7) is 1.36. The summed E-state index contributed by atoms with van der Waals surface area (Å²) in [4.78, 5) is 0. The Balaban J connectivity index is 4.56. The molecule has 0 aromatic heterocycles. The van der Waals surface area contributed by atoms with Crippen molar-refractivity contribution in [1.29, 1.82) is 0 Å². The summed E-state index contributed by atoms with van der Waals surface area (Å²) in [5.41, 5.74) is -0.712. The number of likely N-dealkylation sites (N-methyl/N-ethyl adjacent to an activating group) is 1. The van der Waals surface area contributed by atoms with Crippen LogP contribution in [0.3, 0.4) is 0 Å². The summed E-state index contributed by atoms with van der Waals surface area (Å²) >= 11 is 0. The molecule has 0 rings (SSSR count). The molecule has 0 amide bonds. The van der Waals surface area contributed by atoms with Gasteiger partial charge in [-0.3, -0.25) is 0 Å². The summed E-state index contributed by atoms with van der Waals surface area (Å²) in [7, 11) is 3.59. The number of rotatable bonds is 6. The topological polar surface area (TPSA) is 80.9 Å². The lowest BCUT2D eigenvalue weighted by Gasteiger charge is -2.45. The second kappa shape index (κ2) is 5.04. The SMILES string of the molecule is CC(CO)(CO)[N+](C)(C)CC(O)CO. The largest absolute Gasteiger partial charge is 0.393 e. The van der Waals surface area contributed by atoms with Gasteiger partial charge in [-0.15, -0.1) is 0 Å². The molecule has 0 spiro atoms. The quantitative estimate of drug-likeness (QED) is 0.387. The van der Waals surface area contributed by atoms with Crippen molar-refractivity contribution in [2.24, 2.45) is 0 Å². The summed E-state index contributed by atoms with van der Waals surface area (Å²) in [6.07, 6.45) is -0.831. The van der Waals surface area contributed by atoms with Crippen LogP contribution in [-0.4, -0.2) is 77.0 Å². The Bertz CT molecular complexity index is 168. The van der Waals surface area contributed by atoms with Crippen molar-refractivity contribution >= 4 is 0 Å². The zero-order valence-corrected chi connectivity index (χ0v) is 9.14. The molecule has 5 heteroatoms. The van der Waals surface area contributed by atoms with E-state index in [2.05, 4.69) is 0 Å². The van der Waals surface area contributed by atoms with Crippen LogP contribution < -0.4 is 0 Å². The summed E-state index contributed by atoms with van der Waals surface area (Å²) < 4.78 is 0.252. The molecule has 0 fully saturated rings. The third-order valence-corrected chi connectivity index (χ3v) is 3.02. The van der Waals surface area contributed by atoms with Gasteiger partial charge in [0.1, 0.15) is 18.2 Å². The van der Waals surface area contributed by atoms with Gasteiger partial charge in [0.15, 0.2) is 0 Å². The lowest BCUT2D eigenvalue weighted by atomic mass is 9.99. The van der Waals surface area contributed by atoms with Crippen LogP contribution in [0.5, 0.6) is 0 Å². The molecule has 0 heterocycles. The first-order chi connectivity index (χ1) is 6.33. The zero-order chi connectivity index (χ0) is 11.4. The maximum absolute atomic E-state index is 9.32. The first-order valence-corrected chi connectivity index (χ1v) is 4.66. The molecule has 0 aliphatic heterocycles. The smallest absolute Gasteiger partial charge is 0.143 e. The minimum absolute atomic E-state index is 0.172. The van der Waals surface area contributed by atoms with Gasteiger partial charge in [-0.2, -0.15) is 0 Å². The highest BCUT2D eigenvalue weighted by Crippen LogP contribution is 2.20. The average molecular weight is 208 g/mol. The number of hydrogen-bond acceptors (Lipinski definition) is 4. The number of aliphatic hydroxyl groups is 4. The van der Waals surface area contributed by atoms with Gasteiger partial charge in [0.05, 0.1) is 33.9 Å². The Labute approximate surface area is 84.8 Å². The molecule has 1 atom stereocenters. The summed E-state index contributed by atoms with van der Waals surface area (Å²) in [5, 5.41) is 36.4. The minimum Gasteiger partial charge on any atom is -0.393 e. The minimum atomic E-state index is -0.831. The van der Waals surface area contributed by atoms with Gasteiger partial charge >= 0.3 is 0 Å². The molecule has 0 aromatic carbocycles. The Morgan fingerprint density at radius 2 is 1.57 bits per heavy atom. The van der Waals surface area contributed by atoms with Crippen LogP contribution in [0.2, 0.25) is 0 Å². The fourth-order valence-electron chi connectivity index (χ4n) is 1.24. The molecule has 5 nitrogen and oxygen atoms in total. The van der Waals surface area contributed by atoms with Crippen molar-refractivity contribution in [2.75, 3.05) is 40.5 Å². The van der Waals surface area contributed by atoms with Crippen LogP contribution in [0.15, 0.2) is 0 Å². The van der Waals surface area contributed by atoms with E-state index in [9.17, 15) is 15.3 Å². The van der Waals surface area contributed by atoms with E-state index >= 15 is 0 Å². The summed E-state index contributed by atoms with van der Waals surface area (Å²) in [5.74, 6) is 0. The Morgan fingerprint density at radius 3 is 1.86 bits per heavy atom. The van der Waals surface area contributed by atoms with E-state index < -0.39 is 11.6 Å². The van der Waals surface area contributed by atoms with Crippen molar-refractivity contribution in [3.8, 4) is 0 Å². The maximum Gasteiger partial charge on any atom is 0.143 e. The van der Waals surface area contributed by atoms with Crippen LogP contribution in [0.25, 0.3) is 0 Å².